The standard InChI is InChI=1S/C11H23N3OSi/c1-7-14-9-12-10(13-14)8-15-16(5,6)11(2,3)4/h9H,7-8H2,1-6H3. The Morgan fingerprint density at radius 2 is 2.00 bits per heavy atom. The molecule has 0 aliphatic rings. The van der Waals surface area contributed by atoms with Crippen LogP contribution >= 0.6 is 0 Å². The largest absolute Gasteiger partial charge is 0.409 e. The van der Waals surface area contributed by atoms with Gasteiger partial charge in [-0.15, -0.1) is 0 Å². The maximum Gasteiger partial charge on any atom is 0.192 e. The molecule has 0 spiro atoms. The Morgan fingerprint density at radius 1 is 1.38 bits per heavy atom. The molecular formula is C11H23N3OSi. The minimum Gasteiger partial charge on any atom is -0.409 e. The van der Waals surface area contributed by atoms with E-state index >= 15 is 0 Å². The molecule has 5 heteroatoms. The first kappa shape index (κ1) is 13.4. The lowest BCUT2D eigenvalue weighted by molar-refractivity contribution is 0.267. The highest BCUT2D eigenvalue weighted by atomic mass is 28.4. The van der Waals surface area contributed by atoms with Crippen molar-refractivity contribution in [2.24, 2.45) is 0 Å². The first-order valence-corrected chi connectivity index (χ1v) is 8.69. The zero-order chi connectivity index (χ0) is 12.4. The summed E-state index contributed by atoms with van der Waals surface area (Å²) in [6, 6.07) is 0. The van der Waals surface area contributed by atoms with Crippen molar-refractivity contribution in [2.75, 3.05) is 0 Å². The number of rotatable bonds is 4. The normalized spacial score (nSPS) is 13.1. The van der Waals surface area contributed by atoms with Gasteiger partial charge in [-0.2, -0.15) is 5.10 Å². The predicted molar refractivity (Wildman–Crippen MR) is 67.7 cm³/mol. The SMILES string of the molecule is CCn1cnc(CO[Si](C)(C)C(C)(C)C)n1. The van der Waals surface area contributed by atoms with Gasteiger partial charge in [-0.3, -0.25) is 4.68 Å². The summed E-state index contributed by atoms with van der Waals surface area (Å²) < 4.78 is 7.86. The van der Waals surface area contributed by atoms with Gasteiger partial charge in [0, 0.05) is 6.54 Å². The van der Waals surface area contributed by atoms with Crippen LogP contribution in [0, 0.1) is 0 Å². The monoisotopic (exact) mass is 241 g/mol. The van der Waals surface area contributed by atoms with Crippen molar-refractivity contribution in [1.82, 2.24) is 14.8 Å². The second-order valence-corrected chi connectivity index (χ2v) is 10.4. The van der Waals surface area contributed by atoms with Crippen LogP contribution in [0.4, 0.5) is 0 Å². The molecule has 4 nitrogen and oxygen atoms in total. The topological polar surface area (TPSA) is 39.9 Å². The average Bonchev–Trinajstić information content (AvgIpc) is 2.60. The highest BCUT2D eigenvalue weighted by Gasteiger charge is 2.37. The third kappa shape index (κ3) is 3.15. The van der Waals surface area contributed by atoms with Crippen molar-refractivity contribution < 1.29 is 4.43 Å². The van der Waals surface area contributed by atoms with Gasteiger partial charge in [0.1, 0.15) is 6.33 Å². The number of aromatic nitrogens is 3. The van der Waals surface area contributed by atoms with Crippen molar-refractivity contribution in [1.29, 1.82) is 0 Å². The molecule has 16 heavy (non-hydrogen) atoms. The highest BCUT2D eigenvalue weighted by molar-refractivity contribution is 6.74. The van der Waals surface area contributed by atoms with Gasteiger partial charge in [0.15, 0.2) is 14.1 Å². The minimum atomic E-state index is -1.68. The van der Waals surface area contributed by atoms with Crippen molar-refractivity contribution in [3.63, 3.8) is 0 Å². The summed E-state index contributed by atoms with van der Waals surface area (Å²) in [7, 11) is -1.68. The van der Waals surface area contributed by atoms with Crippen molar-refractivity contribution in [3.05, 3.63) is 12.2 Å². The van der Waals surface area contributed by atoms with Crippen molar-refractivity contribution in [3.8, 4) is 0 Å². The van der Waals surface area contributed by atoms with Gasteiger partial charge in [0.2, 0.25) is 0 Å². The summed E-state index contributed by atoms with van der Waals surface area (Å²) in [5.74, 6) is 0.784. The summed E-state index contributed by atoms with van der Waals surface area (Å²) in [4.78, 5) is 4.22. The zero-order valence-corrected chi connectivity index (χ0v) is 12.2. The molecule has 0 N–H and O–H groups in total. The maximum atomic E-state index is 6.04. The summed E-state index contributed by atoms with van der Waals surface area (Å²) in [5.41, 5.74) is 0. The number of aryl methyl sites for hydroxylation is 1. The molecule has 92 valence electrons. The van der Waals surface area contributed by atoms with Crippen LogP contribution in [0.15, 0.2) is 6.33 Å². The molecule has 0 radical (unpaired) electrons. The number of hydrogen-bond donors (Lipinski definition) is 0. The lowest BCUT2D eigenvalue weighted by atomic mass is 10.2. The molecule has 0 saturated heterocycles. The van der Waals surface area contributed by atoms with E-state index in [1.165, 1.54) is 0 Å². The van der Waals surface area contributed by atoms with E-state index in [0.29, 0.717) is 6.61 Å². The summed E-state index contributed by atoms with van der Waals surface area (Å²) >= 11 is 0. The molecule has 0 aliphatic carbocycles. The Labute approximate surface area is 99.2 Å². The van der Waals surface area contributed by atoms with Gasteiger partial charge < -0.3 is 4.43 Å². The molecule has 0 atom stereocenters. The Kier molecular flexibility index (Phi) is 3.91. The third-order valence-corrected chi connectivity index (χ3v) is 7.75. The van der Waals surface area contributed by atoms with E-state index in [2.05, 4.69) is 43.9 Å². The maximum absolute atomic E-state index is 6.04. The van der Waals surface area contributed by atoms with Crippen LogP contribution in [0.1, 0.15) is 33.5 Å². The molecule has 0 aliphatic heterocycles. The second kappa shape index (κ2) is 4.67. The van der Waals surface area contributed by atoms with Crippen LogP contribution in [0.25, 0.3) is 0 Å². The lowest BCUT2D eigenvalue weighted by Gasteiger charge is -2.35. The first-order chi connectivity index (χ1) is 7.26. The Bertz CT molecular complexity index is 341. The molecule has 0 bridgehead atoms. The van der Waals surface area contributed by atoms with Crippen LogP contribution in [-0.4, -0.2) is 23.1 Å². The zero-order valence-electron chi connectivity index (χ0n) is 11.2. The fourth-order valence-electron chi connectivity index (χ4n) is 1.01. The van der Waals surface area contributed by atoms with Crippen LogP contribution in [0.3, 0.4) is 0 Å². The Morgan fingerprint density at radius 3 is 2.44 bits per heavy atom. The fraction of sp³-hybridized carbons (Fsp3) is 0.818. The van der Waals surface area contributed by atoms with E-state index < -0.39 is 8.32 Å². The number of nitrogens with zero attached hydrogens (tertiary/aromatic N) is 3. The van der Waals surface area contributed by atoms with Crippen LogP contribution in [0.5, 0.6) is 0 Å². The van der Waals surface area contributed by atoms with E-state index in [0.717, 1.165) is 12.4 Å². The van der Waals surface area contributed by atoms with E-state index in [1.54, 1.807) is 6.33 Å². The van der Waals surface area contributed by atoms with E-state index in [-0.39, 0.29) is 5.04 Å². The van der Waals surface area contributed by atoms with Gasteiger partial charge in [0.25, 0.3) is 0 Å². The van der Waals surface area contributed by atoms with Crippen LogP contribution in [0.2, 0.25) is 18.1 Å². The van der Waals surface area contributed by atoms with Gasteiger partial charge in [-0.25, -0.2) is 4.98 Å². The van der Waals surface area contributed by atoms with Crippen LogP contribution < -0.4 is 0 Å². The third-order valence-electron chi connectivity index (χ3n) is 3.28. The molecule has 1 heterocycles. The minimum absolute atomic E-state index is 0.236. The van der Waals surface area contributed by atoms with E-state index in [4.69, 9.17) is 4.43 Å². The van der Waals surface area contributed by atoms with E-state index in [9.17, 15) is 0 Å². The second-order valence-electron chi connectivity index (χ2n) is 5.57. The fourth-order valence-corrected chi connectivity index (χ4v) is 1.94. The smallest absolute Gasteiger partial charge is 0.192 e. The van der Waals surface area contributed by atoms with Crippen molar-refractivity contribution >= 4 is 8.32 Å². The Hall–Kier alpha value is -0.683. The summed E-state index contributed by atoms with van der Waals surface area (Å²) in [6.07, 6.45) is 1.75. The van der Waals surface area contributed by atoms with Gasteiger partial charge in [-0.05, 0) is 25.1 Å². The first-order valence-electron chi connectivity index (χ1n) is 5.78. The summed E-state index contributed by atoms with van der Waals surface area (Å²) in [6.45, 7) is 14.6. The number of hydrogen-bond acceptors (Lipinski definition) is 3. The molecule has 0 amide bonds. The molecule has 1 rings (SSSR count). The molecule has 0 aromatic carbocycles. The quantitative estimate of drug-likeness (QED) is 0.761. The Balaban J connectivity index is 2.57. The van der Waals surface area contributed by atoms with Crippen LogP contribution in [-0.2, 0) is 17.6 Å². The molecule has 1 aromatic rings. The molecule has 1 aromatic heterocycles. The molecule has 0 fully saturated rings. The highest BCUT2D eigenvalue weighted by Crippen LogP contribution is 2.36. The van der Waals surface area contributed by atoms with Gasteiger partial charge in [-0.1, -0.05) is 20.8 Å². The average molecular weight is 241 g/mol. The van der Waals surface area contributed by atoms with Crippen molar-refractivity contribution in [2.45, 2.75) is 59.0 Å². The van der Waals surface area contributed by atoms with Gasteiger partial charge in [0.05, 0.1) is 6.61 Å². The summed E-state index contributed by atoms with van der Waals surface area (Å²) in [5, 5.41) is 4.55. The molecule has 0 saturated carbocycles. The molecule has 0 unspecified atom stereocenters. The predicted octanol–water partition coefficient (Wildman–Crippen LogP) is 2.82. The van der Waals surface area contributed by atoms with E-state index in [1.807, 2.05) is 11.6 Å². The van der Waals surface area contributed by atoms with Gasteiger partial charge >= 0.3 is 0 Å². The molecular weight excluding hydrogens is 218 g/mol. The lowest BCUT2D eigenvalue weighted by Crippen LogP contribution is -2.40.